The van der Waals surface area contributed by atoms with Crippen LogP contribution in [-0.2, 0) is 0 Å². The van der Waals surface area contributed by atoms with Gasteiger partial charge in [-0.05, 0) is 24.1 Å². The summed E-state index contributed by atoms with van der Waals surface area (Å²) in [7, 11) is 0. The number of nitrogens with two attached hydrogens (primary N) is 1. The molecule has 0 saturated carbocycles. The summed E-state index contributed by atoms with van der Waals surface area (Å²) in [4.78, 5) is 6.15. The van der Waals surface area contributed by atoms with E-state index in [9.17, 15) is 0 Å². The average molecular weight is 214 g/mol. The Labute approximate surface area is 83.7 Å². The van der Waals surface area contributed by atoms with E-state index in [1.165, 1.54) is 11.9 Å². The number of rotatable bonds is 1. The van der Waals surface area contributed by atoms with Crippen LogP contribution in [0.3, 0.4) is 0 Å². The molecular formula is C7H6N2S3. The molecule has 0 aliphatic rings. The van der Waals surface area contributed by atoms with Crippen LogP contribution in [0, 0.1) is 0 Å². The van der Waals surface area contributed by atoms with Crippen LogP contribution in [0.4, 0.5) is 0 Å². The molecule has 2 aromatic rings. The Hall–Kier alpha value is -0.230. The van der Waals surface area contributed by atoms with E-state index in [0.29, 0.717) is 0 Å². The molecule has 5 heteroatoms. The lowest BCUT2D eigenvalue weighted by atomic mass is 10.3. The molecule has 0 aliphatic carbocycles. The van der Waals surface area contributed by atoms with Gasteiger partial charge in [0.05, 0.1) is 4.21 Å². The molecule has 0 amide bonds. The number of pyridine rings is 1. The summed E-state index contributed by atoms with van der Waals surface area (Å²) < 4.78 is 1.02. The molecule has 2 rings (SSSR count). The fourth-order valence-corrected chi connectivity index (χ4v) is 2.96. The SMILES string of the molecule is NSc1sc2ncccc2c1S. The Morgan fingerprint density at radius 1 is 1.58 bits per heavy atom. The van der Waals surface area contributed by atoms with Crippen LogP contribution in [-0.4, -0.2) is 4.98 Å². The lowest BCUT2D eigenvalue weighted by Gasteiger charge is -1.89. The van der Waals surface area contributed by atoms with Gasteiger partial charge in [0, 0.05) is 16.5 Å². The van der Waals surface area contributed by atoms with E-state index in [-0.39, 0.29) is 0 Å². The molecule has 12 heavy (non-hydrogen) atoms. The first-order chi connectivity index (χ1) is 5.83. The van der Waals surface area contributed by atoms with Gasteiger partial charge in [-0.25, -0.2) is 4.98 Å². The summed E-state index contributed by atoms with van der Waals surface area (Å²) in [6.45, 7) is 0. The van der Waals surface area contributed by atoms with Crippen LogP contribution in [0.5, 0.6) is 0 Å². The molecular weight excluding hydrogens is 208 g/mol. The van der Waals surface area contributed by atoms with Crippen molar-refractivity contribution >= 4 is 46.1 Å². The summed E-state index contributed by atoms with van der Waals surface area (Å²) in [5.74, 6) is 0. The molecule has 0 bridgehead atoms. The minimum absolute atomic E-state index is 0.940. The van der Waals surface area contributed by atoms with E-state index < -0.39 is 0 Å². The molecule has 0 unspecified atom stereocenters. The van der Waals surface area contributed by atoms with Crippen molar-refractivity contribution in [3.05, 3.63) is 18.3 Å². The molecule has 2 heterocycles. The first-order valence-corrected chi connectivity index (χ1v) is 5.40. The van der Waals surface area contributed by atoms with Gasteiger partial charge in [-0.15, -0.1) is 24.0 Å². The highest BCUT2D eigenvalue weighted by molar-refractivity contribution is 7.99. The van der Waals surface area contributed by atoms with E-state index in [0.717, 1.165) is 19.3 Å². The Bertz CT molecular complexity index is 410. The fourth-order valence-electron chi connectivity index (χ4n) is 0.978. The molecule has 0 aliphatic heterocycles. The Balaban J connectivity index is 2.78. The number of aromatic nitrogens is 1. The van der Waals surface area contributed by atoms with Crippen molar-refractivity contribution in [1.29, 1.82) is 0 Å². The highest BCUT2D eigenvalue weighted by Gasteiger charge is 2.07. The molecule has 0 spiro atoms. The molecule has 2 aromatic heterocycles. The Morgan fingerprint density at radius 2 is 2.42 bits per heavy atom. The molecule has 2 N–H and O–H groups in total. The monoisotopic (exact) mass is 214 g/mol. The third-order valence-electron chi connectivity index (χ3n) is 1.52. The zero-order valence-corrected chi connectivity index (χ0v) is 8.55. The maximum atomic E-state index is 5.46. The normalized spacial score (nSPS) is 10.8. The van der Waals surface area contributed by atoms with Crippen molar-refractivity contribution in [2.45, 2.75) is 9.10 Å². The van der Waals surface area contributed by atoms with Crippen molar-refractivity contribution in [3.8, 4) is 0 Å². The van der Waals surface area contributed by atoms with Gasteiger partial charge in [-0.3, -0.25) is 5.14 Å². The summed E-state index contributed by atoms with van der Waals surface area (Å²) in [5.41, 5.74) is 0. The highest BCUT2D eigenvalue weighted by atomic mass is 32.2. The molecule has 0 radical (unpaired) electrons. The molecule has 0 fully saturated rings. The van der Waals surface area contributed by atoms with Crippen molar-refractivity contribution in [2.75, 3.05) is 0 Å². The first kappa shape index (κ1) is 8.37. The average Bonchev–Trinajstić information content (AvgIpc) is 2.44. The first-order valence-electron chi connectivity index (χ1n) is 3.26. The van der Waals surface area contributed by atoms with E-state index in [4.69, 9.17) is 5.14 Å². The van der Waals surface area contributed by atoms with E-state index in [1.54, 1.807) is 17.5 Å². The Kier molecular flexibility index (Phi) is 2.27. The van der Waals surface area contributed by atoms with Gasteiger partial charge in [0.25, 0.3) is 0 Å². The van der Waals surface area contributed by atoms with Crippen LogP contribution in [0.1, 0.15) is 0 Å². The predicted octanol–water partition coefficient (Wildman–Crippen LogP) is 2.55. The van der Waals surface area contributed by atoms with E-state index in [2.05, 4.69) is 17.6 Å². The lowest BCUT2D eigenvalue weighted by molar-refractivity contribution is 1.41. The van der Waals surface area contributed by atoms with Crippen LogP contribution in [0.2, 0.25) is 0 Å². The van der Waals surface area contributed by atoms with Gasteiger partial charge in [-0.2, -0.15) is 0 Å². The molecule has 0 aromatic carbocycles. The lowest BCUT2D eigenvalue weighted by Crippen LogP contribution is -1.74. The van der Waals surface area contributed by atoms with Crippen LogP contribution >= 0.6 is 35.9 Å². The Morgan fingerprint density at radius 3 is 3.08 bits per heavy atom. The second kappa shape index (κ2) is 3.26. The van der Waals surface area contributed by atoms with Crippen molar-refractivity contribution in [1.82, 2.24) is 4.98 Å². The summed E-state index contributed by atoms with van der Waals surface area (Å²) in [6, 6.07) is 3.90. The van der Waals surface area contributed by atoms with Gasteiger partial charge in [0.2, 0.25) is 0 Å². The molecule has 0 atom stereocenters. The molecule has 0 saturated heterocycles. The number of hydrogen-bond acceptors (Lipinski definition) is 5. The van der Waals surface area contributed by atoms with Gasteiger partial charge >= 0.3 is 0 Å². The highest BCUT2D eigenvalue weighted by Crippen LogP contribution is 2.36. The summed E-state index contributed by atoms with van der Waals surface area (Å²) in [5, 5.41) is 6.55. The largest absolute Gasteiger partial charge is 0.273 e. The van der Waals surface area contributed by atoms with Crippen molar-refractivity contribution in [2.24, 2.45) is 5.14 Å². The van der Waals surface area contributed by atoms with Crippen LogP contribution < -0.4 is 5.14 Å². The third-order valence-corrected chi connectivity index (χ3v) is 4.15. The van der Waals surface area contributed by atoms with Crippen LogP contribution in [0.15, 0.2) is 27.4 Å². The van der Waals surface area contributed by atoms with Crippen molar-refractivity contribution in [3.63, 3.8) is 0 Å². The zero-order valence-electron chi connectivity index (χ0n) is 6.02. The zero-order chi connectivity index (χ0) is 8.55. The number of nitrogens with zero attached hydrogens (tertiary/aromatic N) is 1. The van der Waals surface area contributed by atoms with Crippen molar-refractivity contribution < 1.29 is 0 Å². The molecule has 62 valence electrons. The second-order valence-corrected chi connectivity index (χ2v) is 4.56. The standard InChI is InChI=1S/C7H6N2S3/c8-12-7-5(10)4-2-1-3-9-6(4)11-7/h1-3,10H,8H2. The van der Waals surface area contributed by atoms with Crippen LogP contribution in [0.25, 0.3) is 10.2 Å². The topological polar surface area (TPSA) is 38.9 Å². The van der Waals surface area contributed by atoms with Gasteiger partial charge in [0.15, 0.2) is 0 Å². The smallest absolute Gasteiger partial charge is 0.125 e. The fraction of sp³-hybridized carbons (Fsp3) is 0. The minimum Gasteiger partial charge on any atom is -0.273 e. The second-order valence-electron chi connectivity index (χ2n) is 2.21. The number of hydrogen-bond donors (Lipinski definition) is 2. The maximum Gasteiger partial charge on any atom is 0.125 e. The number of thiophene rings is 1. The van der Waals surface area contributed by atoms with E-state index in [1.807, 2.05) is 12.1 Å². The van der Waals surface area contributed by atoms with E-state index >= 15 is 0 Å². The quantitative estimate of drug-likeness (QED) is 0.566. The van der Waals surface area contributed by atoms with Gasteiger partial charge in [-0.1, -0.05) is 0 Å². The van der Waals surface area contributed by atoms with Gasteiger partial charge in [0.1, 0.15) is 4.83 Å². The summed E-state index contributed by atoms with van der Waals surface area (Å²) in [6.07, 6.45) is 1.77. The predicted molar refractivity (Wildman–Crippen MR) is 56.9 cm³/mol. The minimum atomic E-state index is 0.940. The molecule has 2 nitrogen and oxygen atoms in total. The number of fused-ring (bicyclic) bond motifs is 1. The maximum absolute atomic E-state index is 5.46. The number of thiol groups is 1. The summed E-state index contributed by atoms with van der Waals surface area (Å²) >= 11 is 7.16. The third kappa shape index (κ3) is 1.22. The van der Waals surface area contributed by atoms with Gasteiger partial charge < -0.3 is 0 Å².